The van der Waals surface area contributed by atoms with Gasteiger partial charge in [-0.15, -0.1) is 18.3 Å². The Morgan fingerprint density at radius 3 is 2.48 bits per heavy atom. The second kappa shape index (κ2) is 9.12. The van der Waals surface area contributed by atoms with E-state index in [1.165, 1.54) is 40.7 Å². The highest BCUT2D eigenvalue weighted by atomic mass is 32.2. The van der Waals surface area contributed by atoms with Crippen molar-refractivity contribution in [2.45, 2.75) is 23.8 Å². The van der Waals surface area contributed by atoms with Crippen LogP contribution < -0.4 is 5.32 Å². The molecule has 0 bridgehead atoms. The van der Waals surface area contributed by atoms with Gasteiger partial charge in [0.25, 0.3) is 5.91 Å². The first kappa shape index (κ1) is 20.9. The van der Waals surface area contributed by atoms with E-state index in [1.54, 1.807) is 0 Å². The molecule has 1 N–H and O–H groups in total. The Morgan fingerprint density at radius 2 is 1.90 bits per heavy atom. The Balaban J connectivity index is 1.70. The quantitative estimate of drug-likeness (QED) is 0.622. The fraction of sp³-hybridized carbons (Fsp3) is 0.316. The normalized spacial score (nSPS) is 16.7. The summed E-state index contributed by atoms with van der Waals surface area (Å²) >= 11 is 0. The fourth-order valence-corrected chi connectivity index (χ4v) is 4.22. The molecule has 0 aliphatic carbocycles. The van der Waals surface area contributed by atoms with Crippen molar-refractivity contribution >= 4 is 21.9 Å². The number of carbonyl (C=O) groups is 1. The molecule has 1 aliphatic rings. The van der Waals surface area contributed by atoms with E-state index >= 15 is 0 Å². The third-order valence-corrected chi connectivity index (χ3v) is 6.13. The van der Waals surface area contributed by atoms with Crippen LogP contribution in [0.15, 0.2) is 58.9 Å². The van der Waals surface area contributed by atoms with Gasteiger partial charge >= 0.3 is 6.01 Å². The molecule has 1 unspecified atom stereocenters. The average Bonchev–Trinajstić information content (AvgIpc) is 3.39. The molecule has 1 aliphatic heterocycles. The molecule has 1 amide bonds. The topological polar surface area (TPSA) is 115 Å². The first-order valence-electron chi connectivity index (χ1n) is 9.04. The molecular formula is C19H22N4O5S. The number of amides is 1. The van der Waals surface area contributed by atoms with Gasteiger partial charge in [0.2, 0.25) is 15.9 Å². The number of rotatable bonds is 9. The molecule has 2 aromatic rings. The second-order valence-corrected chi connectivity index (χ2v) is 8.26. The molecule has 0 saturated carbocycles. The van der Waals surface area contributed by atoms with Crippen LogP contribution >= 0.6 is 0 Å². The monoisotopic (exact) mass is 418 g/mol. The molecule has 0 radical (unpaired) electrons. The van der Waals surface area contributed by atoms with Crippen molar-refractivity contribution in [2.24, 2.45) is 0 Å². The van der Waals surface area contributed by atoms with Gasteiger partial charge < -0.3 is 9.15 Å². The average molecular weight is 418 g/mol. The number of aromatic nitrogens is 2. The van der Waals surface area contributed by atoms with Crippen molar-refractivity contribution in [3.05, 3.63) is 61.0 Å². The lowest BCUT2D eigenvalue weighted by Gasteiger charge is -2.19. The van der Waals surface area contributed by atoms with Crippen LogP contribution in [0.5, 0.6) is 0 Å². The Kier molecular flexibility index (Phi) is 6.57. The number of carbonyl (C=O) groups excluding carboxylic acids is 1. The summed E-state index contributed by atoms with van der Waals surface area (Å²) in [4.78, 5) is 12.5. The number of benzene rings is 1. The number of nitrogens with zero attached hydrogens (tertiary/aromatic N) is 3. The minimum Gasteiger partial charge on any atom is -0.405 e. The summed E-state index contributed by atoms with van der Waals surface area (Å²) in [5.41, 5.74) is 0.250. The molecule has 1 fully saturated rings. The molecule has 1 saturated heterocycles. The van der Waals surface area contributed by atoms with E-state index in [-0.39, 0.29) is 35.7 Å². The molecule has 2 heterocycles. The molecule has 10 heteroatoms. The van der Waals surface area contributed by atoms with Crippen LogP contribution in [0.2, 0.25) is 0 Å². The van der Waals surface area contributed by atoms with Crippen LogP contribution in [0, 0.1) is 0 Å². The molecule has 1 aromatic heterocycles. The van der Waals surface area contributed by atoms with Crippen LogP contribution in [0.1, 0.15) is 35.2 Å². The predicted molar refractivity (Wildman–Crippen MR) is 106 cm³/mol. The summed E-state index contributed by atoms with van der Waals surface area (Å²) in [7, 11) is -3.73. The van der Waals surface area contributed by atoms with Crippen molar-refractivity contribution < 1.29 is 22.4 Å². The maximum atomic E-state index is 12.7. The van der Waals surface area contributed by atoms with Gasteiger partial charge in [0, 0.05) is 25.3 Å². The summed E-state index contributed by atoms with van der Waals surface area (Å²) in [6, 6.07) is 5.53. The highest BCUT2D eigenvalue weighted by Gasteiger charge is 2.25. The maximum Gasteiger partial charge on any atom is 0.322 e. The van der Waals surface area contributed by atoms with Crippen LogP contribution in [0.25, 0.3) is 0 Å². The van der Waals surface area contributed by atoms with Gasteiger partial charge in [0.05, 0.1) is 4.90 Å². The largest absolute Gasteiger partial charge is 0.405 e. The zero-order valence-corrected chi connectivity index (χ0v) is 16.6. The van der Waals surface area contributed by atoms with Gasteiger partial charge in [-0.3, -0.25) is 10.1 Å². The number of sulfonamides is 1. The van der Waals surface area contributed by atoms with E-state index in [0.717, 1.165) is 12.8 Å². The predicted octanol–water partition coefficient (Wildman–Crippen LogP) is 2.54. The molecule has 29 heavy (non-hydrogen) atoms. The van der Waals surface area contributed by atoms with Crippen LogP contribution in [-0.2, 0) is 14.8 Å². The van der Waals surface area contributed by atoms with Gasteiger partial charge in [0.15, 0.2) is 0 Å². The standard InChI is InChI=1S/C19H22N4O5S/c1-3-11-23(12-4-2)29(25,26)15-9-7-14(8-10-15)17(24)20-19-22-21-18(28-19)16-6-5-13-27-16/h3-4,7-10,16H,1-2,5-6,11-13H2,(H,20,22,24). The first-order valence-corrected chi connectivity index (χ1v) is 10.5. The minimum absolute atomic E-state index is 0.0414. The lowest BCUT2D eigenvalue weighted by Crippen LogP contribution is -2.31. The van der Waals surface area contributed by atoms with Crippen LogP contribution in [0.4, 0.5) is 6.01 Å². The van der Waals surface area contributed by atoms with Crippen LogP contribution in [-0.4, -0.2) is 48.5 Å². The van der Waals surface area contributed by atoms with Gasteiger partial charge in [-0.05, 0) is 37.1 Å². The highest BCUT2D eigenvalue weighted by molar-refractivity contribution is 7.89. The summed E-state index contributed by atoms with van der Waals surface area (Å²) in [5, 5.41) is 10.2. The van der Waals surface area contributed by atoms with Gasteiger partial charge in [-0.25, -0.2) is 8.42 Å². The molecular weight excluding hydrogens is 396 g/mol. The summed E-state index contributed by atoms with van der Waals surface area (Å²) < 4.78 is 37.5. The lowest BCUT2D eigenvalue weighted by atomic mass is 10.2. The lowest BCUT2D eigenvalue weighted by molar-refractivity contribution is 0.0893. The Bertz CT molecular complexity index is 968. The summed E-state index contributed by atoms with van der Waals surface area (Å²) in [6.07, 6.45) is 4.46. The van der Waals surface area contributed by atoms with E-state index < -0.39 is 15.9 Å². The number of anilines is 1. The highest BCUT2D eigenvalue weighted by Crippen LogP contribution is 2.28. The van der Waals surface area contributed by atoms with Crippen molar-refractivity contribution in [3.63, 3.8) is 0 Å². The summed E-state index contributed by atoms with van der Waals surface area (Å²) in [5.74, 6) is -0.172. The molecule has 0 spiro atoms. The number of nitrogens with one attached hydrogen (secondary N) is 1. The van der Waals surface area contributed by atoms with Gasteiger partial charge in [-0.1, -0.05) is 17.3 Å². The SMILES string of the molecule is C=CCN(CC=C)S(=O)(=O)c1ccc(C(=O)Nc2nnc(C3CCCO3)o2)cc1. The van der Waals surface area contributed by atoms with Crippen molar-refractivity contribution in [1.29, 1.82) is 0 Å². The fourth-order valence-electron chi connectivity index (χ4n) is 2.84. The number of hydrogen-bond donors (Lipinski definition) is 1. The van der Waals surface area contributed by atoms with Crippen molar-refractivity contribution in [2.75, 3.05) is 25.0 Å². The Hall–Kier alpha value is -2.82. The Labute approximate surface area is 169 Å². The molecule has 9 nitrogen and oxygen atoms in total. The molecule has 154 valence electrons. The molecule has 3 rings (SSSR count). The first-order chi connectivity index (χ1) is 14.0. The summed E-state index contributed by atoms with van der Waals surface area (Å²) in [6.45, 7) is 8.09. The third kappa shape index (κ3) is 4.78. The smallest absolute Gasteiger partial charge is 0.322 e. The Morgan fingerprint density at radius 1 is 1.21 bits per heavy atom. The zero-order chi connectivity index (χ0) is 20.9. The second-order valence-electron chi connectivity index (χ2n) is 6.32. The van der Waals surface area contributed by atoms with E-state index in [2.05, 4.69) is 28.7 Å². The molecule has 1 aromatic carbocycles. The maximum absolute atomic E-state index is 12.7. The minimum atomic E-state index is -3.73. The number of ether oxygens (including phenoxy) is 1. The van der Waals surface area contributed by atoms with E-state index in [4.69, 9.17) is 9.15 Å². The van der Waals surface area contributed by atoms with Crippen LogP contribution in [0.3, 0.4) is 0 Å². The van der Waals surface area contributed by atoms with Crippen molar-refractivity contribution in [1.82, 2.24) is 14.5 Å². The van der Waals surface area contributed by atoms with E-state index in [9.17, 15) is 13.2 Å². The van der Waals surface area contributed by atoms with Gasteiger partial charge in [-0.2, -0.15) is 4.31 Å². The van der Waals surface area contributed by atoms with E-state index in [1.807, 2.05) is 0 Å². The zero-order valence-electron chi connectivity index (χ0n) is 15.8. The van der Waals surface area contributed by atoms with E-state index in [0.29, 0.717) is 12.5 Å². The van der Waals surface area contributed by atoms with Crippen molar-refractivity contribution in [3.8, 4) is 0 Å². The number of hydrogen-bond acceptors (Lipinski definition) is 7. The van der Waals surface area contributed by atoms with Gasteiger partial charge in [0.1, 0.15) is 6.10 Å². The third-order valence-electron chi connectivity index (χ3n) is 4.29. The molecule has 1 atom stereocenters.